The maximum Gasteiger partial charge on any atom is 0.344 e. The SMILES string of the molecule is Cc1ccc(C(=O)Oc2c(Sc3c(F)c(F)c(F)c(F)c3F)c(C)nn2-c2ccccc2)cc1. The summed E-state index contributed by atoms with van der Waals surface area (Å²) in [5.74, 6) is -11.4. The Morgan fingerprint density at radius 3 is 1.94 bits per heavy atom. The van der Waals surface area contributed by atoms with Gasteiger partial charge in [-0.2, -0.15) is 9.78 Å². The lowest BCUT2D eigenvalue weighted by Crippen LogP contribution is -2.12. The first-order valence-corrected chi connectivity index (χ1v) is 10.6. The molecule has 1 heterocycles. The topological polar surface area (TPSA) is 44.1 Å². The molecule has 4 rings (SSSR count). The first-order valence-electron chi connectivity index (χ1n) is 9.82. The standard InChI is InChI=1S/C24H15F5N2O2S/c1-12-8-10-14(11-9-12)24(32)33-23-21(13(2)30-31(23)15-6-4-3-5-7-15)34-22-19(28)17(26)16(25)18(27)20(22)29/h3-11H,1-2H3. The van der Waals surface area contributed by atoms with Crippen molar-refractivity contribution in [2.75, 3.05) is 0 Å². The van der Waals surface area contributed by atoms with Crippen LogP contribution in [0, 0.1) is 42.9 Å². The molecule has 0 saturated heterocycles. The first-order chi connectivity index (χ1) is 16.2. The Hall–Kier alpha value is -3.66. The van der Waals surface area contributed by atoms with Gasteiger partial charge in [0.15, 0.2) is 23.3 Å². The molecule has 0 saturated carbocycles. The molecule has 10 heteroatoms. The van der Waals surface area contributed by atoms with E-state index in [1.807, 2.05) is 6.92 Å². The second kappa shape index (κ2) is 9.30. The zero-order valence-corrected chi connectivity index (χ0v) is 18.5. The Bertz CT molecular complexity index is 1360. The quantitative estimate of drug-likeness (QED) is 0.138. The monoisotopic (exact) mass is 490 g/mol. The number of rotatable bonds is 5. The average Bonchev–Trinajstić information content (AvgIpc) is 3.14. The van der Waals surface area contributed by atoms with E-state index < -0.39 is 40.0 Å². The molecular weight excluding hydrogens is 475 g/mol. The van der Waals surface area contributed by atoms with E-state index in [0.29, 0.717) is 5.69 Å². The minimum Gasteiger partial charge on any atom is -0.402 e. The number of aromatic nitrogens is 2. The second-order valence-electron chi connectivity index (χ2n) is 7.22. The first kappa shape index (κ1) is 23.5. The van der Waals surface area contributed by atoms with Gasteiger partial charge in [0.2, 0.25) is 11.7 Å². The van der Waals surface area contributed by atoms with Crippen molar-refractivity contribution >= 4 is 17.7 Å². The van der Waals surface area contributed by atoms with Gasteiger partial charge in [0, 0.05) is 0 Å². The van der Waals surface area contributed by atoms with Crippen molar-refractivity contribution in [1.82, 2.24) is 9.78 Å². The van der Waals surface area contributed by atoms with Gasteiger partial charge in [-0.05, 0) is 38.1 Å². The fourth-order valence-electron chi connectivity index (χ4n) is 3.06. The number of aryl methyl sites for hydroxylation is 2. The van der Waals surface area contributed by atoms with Crippen LogP contribution in [0.2, 0.25) is 0 Å². The highest BCUT2D eigenvalue weighted by Gasteiger charge is 2.30. The highest BCUT2D eigenvalue weighted by atomic mass is 32.2. The largest absolute Gasteiger partial charge is 0.402 e. The normalized spacial score (nSPS) is 11.0. The van der Waals surface area contributed by atoms with Crippen molar-refractivity contribution in [3.63, 3.8) is 0 Å². The summed E-state index contributed by atoms with van der Waals surface area (Å²) in [6.07, 6.45) is 0. The molecular formula is C24H15F5N2O2S. The molecule has 3 aromatic carbocycles. The minimum absolute atomic E-state index is 0.0903. The lowest BCUT2D eigenvalue weighted by atomic mass is 10.1. The van der Waals surface area contributed by atoms with Crippen molar-refractivity contribution in [2.24, 2.45) is 0 Å². The van der Waals surface area contributed by atoms with Crippen molar-refractivity contribution in [1.29, 1.82) is 0 Å². The van der Waals surface area contributed by atoms with E-state index in [9.17, 15) is 26.7 Å². The van der Waals surface area contributed by atoms with Crippen molar-refractivity contribution in [3.8, 4) is 11.6 Å². The van der Waals surface area contributed by atoms with E-state index in [1.165, 1.54) is 23.7 Å². The summed E-state index contributed by atoms with van der Waals surface area (Å²) in [7, 11) is 0. The fraction of sp³-hybridized carbons (Fsp3) is 0.0833. The van der Waals surface area contributed by atoms with E-state index in [-0.39, 0.29) is 33.8 Å². The summed E-state index contributed by atoms with van der Waals surface area (Å²) < 4.78 is 76.5. The van der Waals surface area contributed by atoms with Gasteiger partial charge >= 0.3 is 5.97 Å². The molecule has 4 aromatic rings. The molecule has 34 heavy (non-hydrogen) atoms. The number of carbonyl (C=O) groups is 1. The summed E-state index contributed by atoms with van der Waals surface area (Å²) >= 11 is 0.229. The molecule has 0 aliphatic heterocycles. The van der Waals surface area contributed by atoms with Crippen LogP contribution in [0.3, 0.4) is 0 Å². The minimum atomic E-state index is -2.26. The van der Waals surface area contributed by atoms with Crippen LogP contribution in [0.5, 0.6) is 5.88 Å². The zero-order chi connectivity index (χ0) is 24.6. The van der Waals surface area contributed by atoms with Crippen LogP contribution in [-0.2, 0) is 0 Å². The van der Waals surface area contributed by atoms with Gasteiger partial charge in [-0.3, -0.25) is 0 Å². The van der Waals surface area contributed by atoms with Crippen molar-refractivity contribution < 1.29 is 31.5 Å². The molecule has 0 amide bonds. The molecule has 0 radical (unpaired) electrons. The van der Waals surface area contributed by atoms with Crippen LogP contribution in [0.15, 0.2) is 64.4 Å². The van der Waals surface area contributed by atoms with E-state index in [2.05, 4.69) is 5.10 Å². The van der Waals surface area contributed by atoms with Crippen molar-refractivity contribution in [2.45, 2.75) is 23.6 Å². The second-order valence-corrected chi connectivity index (χ2v) is 8.24. The maximum atomic E-state index is 14.4. The number of para-hydroxylation sites is 1. The lowest BCUT2D eigenvalue weighted by Gasteiger charge is -2.11. The Balaban J connectivity index is 1.84. The fourth-order valence-corrected chi connectivity index (χ4v) is 4.02. The molecule has 0 bridgehead atoms. The number of ether oxygens (including phenoxy) is 1. The Kier molecular flexibility index (Phi) is 6.43. The number of hydrogen-bond acceptors (Lipinski definition) is 4. The molecule has 0 fully saturated rings. The number of carbonyl (C=O) groups excluding carboxylic acids is 1. The van der Waals surface area contributed by atoms with Gasteiger partial charge in [-0.1, -0.05) is 47.7 Å². The molecule has 4 nitrogen and oxygen atoms in total. The summed E-state index contributed by atoms with van der Waals surface area (Å²) in [4.78, 5) is 11.6. The lowest BCUT2D eigenvalue weighted by molar-refractivity contribution is 0.0718. The van der Waals surface area contributed by atoms with Gasteiger partial charge in [-0.25, -0.2) is 26.7 Å². The van der Waals surface area contributed by atoms with Crippen LogP contribution in [-0.4, -0.2) is 15.7 Å². The third-order valence-corrected chi connectivity index (χ3v) is 6.05. The molecule has 174 valence electrons. The number of halogens is 5. The summed E-state index contributed by atoms with van der Waals surface area (Å²) in [5, 5.41) is 4.27. The molecule has 1 aromatic heterocycles. The molecule has 0 spiro atoms. The van der Waals surface area contributed by atoms with Crippen LogP contribution >= 0.6 is 11.8 Å². The van der Waals surface area contributed by atoms with Gasteiger partial charge in [0.05, 0.1) is 26.7 Å². The summed E-state index contributed by atoms with van der Waals surface area (Å²) in [5.41, 5.74) is 1.69. The highest BCUT2D eigenvalue weighted by molar-refractivity contribution is 7.99. The Morgan fingerprint density at radius 2 is 1.35 bits per heavy atom. The molecule has 0 aliphatic carbocycles. The van der Waals surface area contributed by atoms with Gasteiger partial charge in [0.25, 0.3) is 0 Å². The van der Waals surface area contributed by atoms with Crippen LogP contribution in [0.25, 0.3) is 5.69 Å². The van der Waals surface area contributed by atoms with Gasteiger partial charge < -0.3 is 4.74 Å². The Labute approximate surface area is 195 Å². The van der Waals surface area contributed by atoms with E-state index in [4.69, 9.17) is 4.74 Å². The number of nitrogens with zero attached hydrogens (tertiary/aromatic N) is 2. The van der Waals surface area contributed by atoms with E-state index >= 15 is 0 Å². The van der Waals surface area contributed by atoms with E-state index in [1.54, 1.807) is 42.5 Å². The zero-order valence-electron chi connectivity index (χ0n) is 17.7. The smallest absolute Gasteiger partial charge is 0.344 e. The van der Waals surface area contributed by atoms with Crippen molar-refractivity contribution in [3.05, 3.63) is 101 Å². The van der Waals surface area contributed by atoms with Crippen LogP contribution in [0.4, 0.5) is 22.0 Å². The summed E-state index contributed by atoms with van der Waals surface area (Å²) in [6.45, 7) is 3.29. The predicted octanol–water partition coefficient (Wildman–Crippen LogP) is 6.56. The molecule has 0 aliphatic rings. The van der Waals surface area contributed by atoms with Gasteiger partial charge in [0.1, 0.15) is 0 Å². The molecule has 0 unspecified atom stereocenters. The highest BCUT2D eigenvalue weighted by Crippen LogP contribution is 2.42. The van der Waals surface area contributed by atoms with Crippen LogP contribution in [0.1, 0.15) is 21.6 Å². The number of esters is 1. The third kappa shape index (κ3) is 4.28. The van der Waals surface area contributed by atoms with Gasteiger partial charge in [-0.15, -0.1) is 0 Å². The summed E-state index contributed by atoms with van der Waals surface area (Å²) in [6, 6.07) is 14.9. The Morgan fingerprint density at radius 1 is 0.794 bits per heavy atom. The molecule has 0 N–H and O–H groups in total. The van der Waals surface area contributed by atoms with E-state index in [0.717, 1.165) is 5.56 Å². The third-order valence-electron chi connectivity index (χ3n) is 4.82. The average molecular weight is 490 g/mol. The van der Waals surface area contributed by atoms with Crippen LogP contribution < -0.4 is 4.74 Å². The maximum absolute atomic E-state index is 14.4. The predicted molar refractivity (Wildman–Crippen MR) is 115 cm³/mol. The molecule has 0 atom stereocenters. The number of hydrogen-bond donors (Lipinski definition) is 0. The number of benzene rings is 3.